The van der Waals surface area contributed by atoms with Gasteiger partial charge in [0.1, 0.15) is 5.82 Å². The average molecular weight is 293 g/mol. The first-order valence-corrected chi connectivity index (χ1v) is 8.10. The van der Waals surface area contributed by atoms with Crippen LogP contribution in [0.15, 0.2) is 59.8 Å². The van der Waals surface area contributed by atoms with Gasteiger partial charge in [-0.05, 0) is 23.6 Å². The van der Waals surface area contributed by atoms with E-state index in [-0.39, 0.29) is 0 Å². The highest BCUT2D eigenvalue weighted by Gasteiger charge is 2.20. The average Bonchev–Trinajstić information content (AvgIpc) is 2.97. The van der Waals surface area contributed by atoms with Crippen LogP contribution >= 0.6 is 11.8 Å². The molecule has 0 N–H and O–H groups in total. The Hall–Kier alpha value is -2.07. The third kappa shape index (κ3) is 2.36. The second-order valence-corrected chi connectivity index (χ2v) is 6.08. The molecule has 4 rings (SSSR count). The Kier molecular flexibility index (Phi) is 3.24. The first-order chi connectivity index (χ1) is 10.4. The number of aryl methyl sites for hydroxylation is 2. The third-order valence-corrected chi connectivity index (χ3v) is 4.76. The number of hydrogen-bond donors (Lipinski definition) is 0. The summed E-state index contributed by atoms with van der Waals surface area (Å²) in [5.41, 5.74) is 3.93. The Morgan fingerprint density at radius 2 is 1.71 bits per heavy atom. The van der Waals surface area contributed by atoms with Crippen LogP contribution in [0.1, 0.15) is 17.0 Å². The summed E-state index contributed by atoms with van der Waals surface area (Å²) in [5.74, 6) is 1.99. The molecule has 2 aromatic carbocycles. The maximum Gasteiger partial charge on any atom is 0.196 e. The Bertz CT molecular complexity index is 765. The zero-order valence-corrected chi connectivity index (χ0v) is 12.4. The molecule has 0 saturated carbocycles. The van der Waals surface area contributed by atoms with E-state index in [0.29, 0.717) is 0 Å². The van der Waals surface area contributed by atoms with Gasteiger partial charge >= 0.3 is 0 Å². The number of aromatic nitrogens is 3. The van der Waals surface area contributed by atoms with Crippen LogP contribution in [0.5, 0.6) is 0 Å². The van der Waals surface area contributed by atoms with Crippen LogP contribution in [0, 0.1) is 0 Å². The zero-order chi connectivity index (χ0) is 14.1. The van der Waals surface area contributed by atoms with Gasteiger partial charge in [0.2, 0.25) is 0 Å². The lowest BCUT2D eigenvalue weighted by atomic mass is 10.0. The fraction of sp³-hybridized carbons (Fsp3) is 0.176. The van der Waals surface area contributed by atoms with Crippen molar-refractivity contribution in [2.45, 2.75) is 23.8 Å². The number of hydrogen-bond acceptors (Lipinski definition) is 3. The monoisotopic (exact) mass is 293 g/mol. The van der Waals surface area contributed by atoms with E-state index in [2.05, 4.69) is 63.3 Å². The molecule has 0 aliphatic carbocycles. The van der Waals surface area contributed by atoms with Crippen LogP contribution in [0.4, 0.5) is 0 Å². The molecule has 3 nitrogen and oxygen atoms in total. The number of thioether (sulfide) groups is 1. The Morgan fingerprint density at radius 3 is 2.62 bits per heavy atom. The van der Waals surface area contributed by atoms with Crippen molar-refractivity contribution in [2.75, 3.05) is 0 Å². The fourth-order valence-electron chi connectivity index (χ4n) is 2.71. The minimum absolute atomic E-state index is 0.918. The summed E-state index contributed by atoms with van der Waals surface area (Å²) >= 11 is 1.75. The summed E-state index contributed by atoms with van der Waals surface area (Å²) in [6.45, 7) is 0. The van der Waals surface area contributed by atoms with E-state index in [1.807, 2.05) is 6.07 Å². The normalized spacial score (nSPS) is 12.8. The molecule has 3 aromatic rings. The standard InChI is InChI=1S/C17H15N3S/c1-2-6-13(7-3-1)12-21-17-19-18-16-11-10-14-8-4-5-9-15(14)20(16)17/h1-9H,10-12H2. The van der Waals surface area contributed by atoms with Gasteiger partial charge in [0, 0.05) is 12.2 Å². The van der Waals surface area contributed by atoms with Crippen molar-refractivity contribution >= 4 is 11.8 Å². The van der Waals surface area contributed by atoms with E-state index in [1.54, 1.807) is 11.8 Å². The Labute approximate surface area is 128 Å². The van der Waals surface area contributed by atoms with Crippen LogP contribution in [0.2, 0.25) is 0 Å². The van der Waals surface area contributed by atoms with Crippen LogP contribution in [0.3, 0.4) is 0 Å². The molecule has 4 heteroatoms. The quantitative estimate of drug-likeness (QED) is 0.691. The molecule has 104 valence electrons. The predicted octanol–water partition coefficient (Wildman–Crippen LogP) is 3.66. The topological polar surface area (TPSA) is 30.7 Å². The Balaban J connectivity index is 1.66. The van der Waals surface area contributed by atoms with Crippen LogP contribution in [0.25, 0.3) is 5.69 Å². The first-order valence-electron chi connectivity index (χ1n) is 7.11. The lowest BCUT2D eigenvalue weighted by Gasteiger charge is -2.18. The molecule has 0 fully saturated rings. The number of rotatable bonds is 3. The van der Waals surface area contributed by atoms with E-state index in [4.69, 9.17) is 0 Å². The SMILES string of the molecule is c1ccc(CSc2nnc3n2-c2ccccc2CC3)cc1. The van der Waals surface area contributed by atoms with Gasteiger partial charge in [0.15, 0.2) is 5.16 Å². The summed E-state index contributed by atoms with van der Waals surface area (Å²) in [6.07, 6.45) is 2.02. The van der Waals surface area contributed by atoms with Crippen molar-refractivity contribution in [3.05, 3.63) is 71.5 Å². The molecular weight excluding hydrogens is 278 g/mol. The van der Waals surface area contributed by atoms with Crippen molar-refractivity contribution in [3.63, 3.8) is 0 Å². The van der Waals surface area contributed by atoms with Gasteiger partial charge in [-0.1, -0.05) is 60.3 Å². The molecule has 0 spiro atoms. The molecule has 0 atom stereocenters. The predicted molar refractivity (Wildman–Crippen MR) is 84.8 cm³/mol. The van der Waals surface area contributed by atoms with E-state index in [0.717, 1.165) is 29.6 Å². The number of nitrogens with zero attached hydrogens (tertiary/aromatic N) is 3. The molecular formula is C17H15N3S. The van der Waals surface area contributed by atoms with Gasteiger partial charge in [0.05, 0.1) is 5.69 Å². The molecule has 1 aromatic heterocycles. The molecule has 0 bridgehead atoms. The third-order valence-electron chi connectivity index (χ3n) is 3.76. The number of para-hydroxylation sites is 1. The maximum atomic E-state index is 4.39. The summed E-state index contributed by atoms with van der Waals surface area (Å²) in [4.78, 5) is 0. The van der Waals surface area contributed by atoms with Crippen LogP contribution < -0.4 is 0 Å². The lowest BCUT2D eigenvalue weighted by molar-refractivity contribution is 0.747. The molecule has 21 heavy (non-hydrogen) atoms. The summed E-state index contributed by atoms with van der Waals surface area (Å²) in [7, 11) is 0. The van der Waals surface area contributed by atoms with E-state index < -0.39 is 0 Å². The summed E-state index contributed by atoms with van der Waals surface area (Å²) in [6, 6.07) is 19.0. The minimum atomic E-state index is 0.918. The molecule has 0 amide bonds. The van der Waals surface area contributed by atoms with Crippen LogP contribution in [-0.2, 0) is 18.6 Å². The Morgan fingerprint density at radius 1 is 0.905 bits per heavy atom. The van der Waals surface area contributed by atoms with Gasteiger partial charge in [-0.25, -0.2) is 0 Å². The molecule has 0 unspecified atom stereocenters. The van der Waals surface area contributed by atoms with Gasteiger partial charge < -0.3 is 0 Å². The first kappa shape index (κ1) is 12.7. The van der Waals surface area contributed by atoms with E-state index in [9.17, 15) is 0 Å². The fourth-order valence-corrected chi connectivity index (χ4v) is 3.63. The smallest absolute Gasteiger partial charge is 0.196 e. The van der Waals surface area contributed by atoms with Crippen molar-refractivity contribution in [1.29, 1.82) is 0 Å². The molecule has 1 aliphatic rings. The zero-order valence-electron chi connectivity index (χ0n) is 11.6. The van der Waals surface area contributed by atoms with Crippen molar-refractivity contribution in [1.82, 2.24) is 14.8 Å². The number of benzene rings is 2. The molecule has 0 radical (unpaired) electrons. The second kappa shape index (κ2) is 5.37. The van der Waals surface area contributed by atoms with Crippen LogP contribution in [-0.4, -0.2) is 14.8 Å². The highest BCUT2D eigenvalue weighted by atomic mass is 32.2. The van der Waals surface area contributed by atoms with Crippen molar-refractivity contribution in [2.24, 2.45) is 0 Å². The van der Waals surface area contributed by atoms with Gasteiger partial charge in [-0.3, -0.25) is 4.57 Å². The largest absolute Gasteiger partial charge is 0.274 e. The number of fused-ring (bicyclic) bond motifs is 3. The van der Waals surface area contributed by atoms with E-state index >= 15 is 0 Å². The van der Waals surface area contributed by atoms with Crippen molar-refractivity contribution in [3.8, 4) is 5.69 Å². The minimum Gasteiger partial charge on any atom is -0.274 e. The molecule has 0 saturated heterocycles. The maximum absolute atomic E-state index is 4.39. The summed E-state index contributed by atoms with van der Waals surface area (Å²) in [5, 5.41) is 9.73. The highest BCUT2D eigenvalue weighted by Crippen LogP contribution is 2.30. The summed E-state index contributed by atoms with van der Waals surface area (Å²) < 4.78 is 2.21. The molecule has 1 aliphatic heterocycles. The molecule has 2 heterocycles. The van der Waals surface area contributed by atoms with Gasteiger partial charge in [-0.2, -0.15) is 0 Å². The second-order valence-electron chi connectivity index (χ2n) is 5.14. The lowest BCUT2D eigenvalue weighted by Crippen LogP contribution is -2.12. The van der Waals surface area contributed by atoms with Crippen molar-refractivity contribution < 1.29 is 0 Å². The van der Waals surface area contributed by atoms with Gasteiger partial charge in [-0.15, -0.1) is 10.2 Å². The van der Waals surface area contributed by atoms with E-state index in [1.165, 1.54) is 16.8 Å². The highest BCUT2D eigenvalue weighted by molar-refractivity contribution is 7.98. The van der Waals surface area contributed by atoms with Gasteiger partial charge in [0.25, 0.3) is 0 Å².